The summed E-state index contributed by atoms with van der Waals surface area (Å²) in [5, 5.41) is 0.209. The Kier molecular flexibility index (Phi) is 4.92. The quantitative estimate of drug-likeness (QED) is 0.781. The molecule has 122 valence electrons. The lowest BCUT2D eigenvalue weighted by Gasteiger charge is -2.41. The number of nitrogens with zero attached hydrogens (tertiary/aromatic N) is 3. The van der Waals surface area contributed by atoms with E-state index in [1.54, 1.807) is 24.4 Å². The first kappa shape index (κ1) is 17.0. The van der Waals surface area contributed by atoms with Crippen molar-refractivity contribution in [1.82, 2.24) is 14.9 Å². The van der Waals surface area contributed by atoms with Crippen LogP contribution in [0.4, 0.5) is 4.79 Å². The van der Waals surface area contributed by atoms with Crippen LogP contribution in [0.2, 0.25) is 5.28 Å². The summed E-state index contributed by atoms with van der Waals surface area (Å²) in [6.07, 6.45) is 4.40. The summed E-state index contributed by atoms with van der Waals surface area (Å²) >= 11 is 5.73. The summed E-state index contributed by atoms with van der Waals surface area (Å²) in [6, 6.07) is 0. The van der Waals surface area contributed by atoms with Crippen LogP contribution in [0.3, 0.4) is 0 Å². The van der Waals surface area contributed by atoms with Crippen molar-refractivity contribution in [2.75, 3.05) is 20.2 Å². The molecule has 1 aromatic heterocycles. The van der Waals surface area contributed by atoms with Crippen molar-refractivity contribution >= 4 is 17.7 Å². The molecule has 0 aromatic carbocycles. The predicted molar refractivity (Wildman–Crippen MR) is 82.8 cm³/mol. The molecule has 0 unspecified atom stereocenters. The minimum Gasteiger partial charge on any atom is -0.444 e. The third-order valence-electron chi connectivity index (χ3n) is 3.76. The molecule has 0 radical (unpaired) electrons. The highest BCUT2D eigenvalue weighted by atomic mass is 35.5. The molecule has 0 spiro atoms. The van der Waals surface area contributed by atoms with Crippen molar-refractivity contribution in [3.05, 3.63) is 23.2 Å². The van der Waals surface area contributed by atoms with Crippen molar-refractivity contribution in [3.8, 4) is 0 Å². The minimum atomic E-state index is -0.489. The van der Waals surface area contributed by atoms with Gasteiger partial charge in [-0.05, 0) is 45.2 Å². The fraction of sp³-hybridized carbons (Fsp3) is 0.667. The van der Waals surface area contributed by atoms with Gasteiger partial charge in [0.05, 0.1) is 5.60 Å². The number of ether oxygens (including phenoxy) is 2. The predicted octanol–water partition coefficient (Wildman–Crippen LogP) is 3.00. The van der Waals surface area contributed by atoms with Gasteiger partial charge < -0.3 is 14.4 Å². The Labute approximate surface area is 135 Å². The van der Waals surface area contributed by atoms with E-state index in [0.717, 1.165) is 5.56 Å². The van der Waals surface area contributed by atoms with Crippen LogP contribution in [0.1, 0.15) is 39.2 Å². The van der Waals surface area contributed by atoms with Crippen LogP contribution in [0.15, 0.2) is 12.4 Å². The van der Waals surface area contributed by atoms with Gasteiger partial charge in [-0.3, -0.25) is 0 Å². The number of carbonyl (C=O) groups is 1. The van der Waals surface area contributed by atoms with Gasteiger partial charge in [0.25, 0.3) is 0 Å². The summed E-state index contributed by atoms with van der Waals surface area (Å²) in [6.45, 7) is 6.70. The van der Waals surface area contributed by atoms with Crippen molar-refractivity contribution in [1.29, 1.82) is 0 Å². The standard InChI is InChI=1S/C15H22ClN3O3/c1-14(2,3)22-13(20)19-7-5-15(21-4,6-8-19)11-9-17-12(16)18-10-11/h9-10H,5-8H2,1-4H3. The van der Waals surface area contributed by atoms with Crippen molar-refractivity contribution < 1.29 is 14.3 Å². The number of carbonyl (C=O) groups excluding carboxylic acids is 1. The van der Waals surface area contributed by atoms with Gasteiger partial charge in [0.15, 0.2) is 0 Å². The summed E-state index contributed by atoms with van der Waals surface area (Å²) in [7, 11) is 1.66. The maximum atomic E-state index is 12.1. The molecule has 1 aliphatic rings. The summed E-state index contributed by atoms with van der Waals surface area (Å²) in [4.78, 5) is 21.9. The molecule has 0 aliphatic carbocycles. The zero-order valence-corrected chi connectivity index (χ0v) is 14.2. The Morgan fingerprint density at radius 2 is 1.82 bits per heavy atom. The van der Waals surface area contributed by atoms with Gasteiger partial charge in [0, 0.05) is 38.2 Å². The molecule has 1 fully saturated rings. The molecule has 6 nitrogen and oxygen atoms in total. The number of hydrogen-bond acceptors (Lipinski definition) is 5. The van der Waals surface area contributed by atoms with Gasteiger partial charge in [0.2, 0.25) is 5.28 Å². The normalized spacial score (nSPS) is 18.1. The number of piperidine rings is 1. The zero-order valence-electron chi connectivity index (χ0n) is 13.4. The summed E-state index contributed by atoms with van der Waals surface area (Å²) < 4.78 is 11.1. The van der Waals surface area contributed by atoms with E-state index in [2.05, 4.69) is 9.97 Å². The summed E-state index contributed by atoms with van der Waals surface area (Å²) in [5.41, 5.74) is -0.0942. The number of likely N-dealkylation sites (tertiary alicyclic amines) is 1. The largest absolute Gasteiger partial charge is 0.444 e. The average Bonchev–Trinajstić information content (AvgIpc) is 2.46. The first-order valence-electron chi connectivity index (χ1n) is 7.27. The number of aromatic nitrogens is 2. The van der Waals surface area contributed by atoms with Crippen LogP contribution in [-0.4, -0.2) is 46.8 Å². The number of methoxy groups -OCH3 is 1. The second kappa shape index (κ2) is 6.38. The second-order valence-electron chi connectivity index (χ2n) is 6.41. The fourth-order valence-electron chi connectivity index (χ4n) is 2.54. The SMILES string of the molecule is COC1(c2cnc(Cl)nc2)CCN(C(=O)OC(C)(C)C)CC1. The first-order valence-corrected chi connectivity index (χ1v) is 7.65. The minimum absolute atomic E-state index is 0.209. The van der Waals surface area contributed by atoms with E-state index in [0.29, 0.717) is 25.9 Å². The molecule has 0 bridgehead atoms. The van der Waals surface area contributed by atoms with Crippen molar-refractivity contribution in [3.63, 3.8) is 0 Å². The van der Waals surface area contributed by atoms with Crippen LogP contribution in [0.25, 0.3) is 0 Å². The van der Waals surface area contributed by atoms with E-state index in [1.165, 1.54) is 0 Å². The van der Waals surface area contributed by atoms with E-state index < -0.39 is 11.2 Å². The van der Waals surface area contributed by atoms with Gasteiger partial charge in [-0.1, -0.05) is 0 Å². The van der Waals surface area contributed by atoms with Gasteiger partial charge in [0.1, 0.15) is 5.60 Å². The van der Waals surface area contributed by atoms with Crippen LogP contribution < -0.4 is 0 Å². The molecule has 0 N–H and O–H groups in total. The van der Waals surface area contributed by atoms with E-state index >= 15 is 0 Å². The Bertz CT molecular complexity index is 520. The lowest BCUT2D eigenvalue weighted by atomic mass is 9.86. The molecule has 0 atom stereocenters. The molecular weight excluding hydrogens is 306 g/mol. The second-order valence-corrected chi connectivity index (χ2v) is 6.74. The molecule has 2 heterocycles. The number of amides is 1. The molecule has 1 saturated heterocycles. The van der Waals surface area contributed by atoms with Crippen molar-refractivity contribution in [2.24, 2.45) is 0 Å². The molecule has 0 saturated carbocycles. The molecule has 7 heteroatoms. The highest BCUT2D eigenvalue weighted by Crippen LogP contribution is 2.36. The van der Waals surface area contributed by atoms with Gasteiger partial charge in [-0.15, -0.1) is 0 Å². The smallest absolute Gasteiger partial charge is 0.410 e. The molecule has 1 amide bonds. The average molecular weight is 328 g/mol. The monoisotopic (exact) mass is 327 g/mol. The molecule has 1 aromatic rings. The molecule has 1 aliphatic heterocycles. The molecular formula is C15H22ClN3O3. The molecule has 22 heavy (non-hydrogen) atoms. The van der Waals surface area contributed by atoms with Crippen molar-refractivity contribution in [2.45, 2.75) is 44.8 Å². The Hall–Kier alpha value is -1.40. The number of hydrogen-bond donors (Lipinski definition) is 0. The Morgan fingerprint density at radius 3 is 2.27 bits per heavy atom. The lowest BCUT2D eigenvalue weighted by Crippen LogP contribution is -2.47. The van der Waals surface area contributed by atoms with E-state index in [-0.39, 0.29) is 11.4 Å². The topological polar surface area (TPSA) is 64.6 Å². The van der Waals surface area contributed by atoms with Crippen LogP contribution in [0, 0.1) is 0 Å². The zero-order chi connectivity index (χ0) is 16.4. The number of rotatable bonds is 2. The maximum Gasteiger partial charge on any atom is 0.410 e. The van der Waals surface area contributed by atoms with Gasteiger partial charge >= 0.3 is 6.09 Å². The van der Waals surface area contributed by atoms with Crippen LogP contribution >= 0.6 is 11.6 Å². The summed E-state index contributed by atoms with van der Waals surface area (Å²) in [5.74, 6) is 0. The van der Waals surface area contributed by atoms with E-state index in [1.807, 2.05) is 20.8 Å². The van der Waals surface area contributed by atoms with Crippen LogP contribution in [-0.2, 0) is 15.1 Å². The van der Waals surface area contributed by atoms with E-state index in [9.17, 15) is 4.79 Å². The molecule has 2 rings (SSSR count). The Balaban J connectivity index is 2.05. The maximum absolute atomic E-state index is 12.1. The number of halogens is 1. The van der Waals surface area contributed by atoms with E-state index in [4.69, 9.17) is 21.1 Å². The highest BCUT2D eigenvalue weighted by Gasteiger charge is 2.39. The van der Waals surface area contributed by atoms with Gasteiger partial charge in [-0.25, -0.2) is 14.8 Å². The lowest BCUT2D eigenvalue weighted by molar-refractivity contribution is -0.0654. The fourth-order valence-corrected chi connectivity index (χ4v) is 2.63. The van der Waals surface area contributed by atoms with Gasteiger partial charge in [-0.2, -0.15) is 0 Å². The third-order valence-corrected chi connectivity index (χ3v) is 3.96. The Morgan fingerprint density at radius 1 is 1.27 bits per heavy atom. The highest BCUT2D eigenvalue weighted by molar-refractivity contribution is 6.28. The first-order chi connectivity index (χ1) is 10.3. The van der Waals surface area contributed by atoms with Crippen LogP contribution in [0.5, 0.6) is 0 Å². The third kappa shape index (κ3) is 3.87.